The van der Waals surface area contributed by atoms with Crippen LogP contribution in [0, 0.1) is 0 Å². The number of hydrogen-bond donors (Lipinski definition) is 0. The van der Waals surface area contributed by atoms with Crippen molar-refractivity contribution in [2.75, 3.05) is 0 Å². The van der Waals surface area contributed by atoms with Crippen LogP contribution in [0.5, 0.6) is 0 Å². The van der Waals surface area contributed by atoms with E-state index in [-0.39, 0.29) is 12.1 Å². The fourth-order valence-corrected chi connectivity index (χ4v) is 1.91. The van der Waals surface area contributed by atoms with E-state index in [9.17, 15) is 4.79 Å². The highest BCUT2D eigenvalue weighted by Crippen LogP contribution is 2.19. The third kappa shape index (κ3) is 3.17. The number of pyridine rings is 1. The number of esters is 1. The van der Waals surface area contributed by atoms with Gasteiger partial charge >= 0.3 is 5.97 Å². The van der Waals surface area contributed by atoms with Crippen molar-refractivity contribution in [1.29, 1.82) is 0 Å². The number of nitrogens with zero attached hydrogens (tertiary/aromatic N) is 1. The molecule has 1 aromatic carbocycles. The maximum atomic E-state index is 11.9. The molecule has 3 nitrogen and oxygen atoms in total. The Hall–Kier alpha value is -1.68. The molecule has 0 bridgehead atoms. The van der Waals surface area contributed by atoms with Gasteiger partial charge in [0.05, 0.1) is 5.56 Å². The van der Waals surface area contributed by atoms with Crippen molar-refractivity contribution in [1.82, 2.24) is 4.98 Å². The normalized spacial score (nSPS) is 11.9. The quantitative estimate of drug-likeness (QED) is 0.811. The Balaban J connectivity index is 2.08. The fraction of sp³-hybridized carbons (Fsp3) is 0.143. The average molecular weight is 306 g/mol. The minimum atomic E-state index is -0.375. The topological polar surface area (TPSA) is 39.2 Å². The van der Waals surface area contributed by atoms with Gasteiger partial charge in [0, 0.05) is 16.9 Å². The second kappa shape index (κ2) is 5.78. The predicted molar refractivity (Wildman–Crippen MR) is 72.2 cm³/mol. The molecule has 4 heteroatoms. The van der Waals surface area contributed by atoms with Gasteiger partial charge in [-0.05, 0) is 34.5 Å². The molecule has 1 heterocycles. The Morgan fingerprint density at radius 2 is 2.00 bits per heavy atom. The van der Waals surface area contributed by atoms with Gasteiger partial charge in [-0.15, -0.1) is 0 Å². The summed E-state index contributed by atoms with van der Waals surface area (Å²) in [7, 11) is 0. The molecule has 0 radical (unpaired) electrons. The Kier molecular flexibility index (Phi) is 4.10. The minimum Gasteiger partial charge on any atom is -0.454 e. The number of benzene rings is 1. The summed E-state index contributed by atoms with van der Waals surface area (Å²) < 4.78 is 6.13. The summed E-state index contributed by atoms with van der Waals surface area (Å²) in [6, 6.07) is 11.3. The number of carbonyl (C=O) groups excluding carboxylic acids is 1. The van der Waals surface area contributed by atoms with Crippen molar-refractivity contribution in [3.8, 4) is 0 Å². The van der Waals surface area contributed by atoms with Crippen molar-refractivity contribution in [2.24, 2.45) is 0 Å². The first-order valence-electron chi connectivity index (χ1n) is 5.53. The zero-order chi connectivity index (χ0) is 13.0. The van der Waals surface area contributed by atoms with E-state index in [1.165, 1.54) is 6.20 Å². The Bertz CT molecular complexity index is 543. The van der Waals surface area contributed by atoms with Crippen LogP contribution in [-0.4, -0.2) is 11.0 Å². The Labute approximate surface area is 114 Å². The van der Waals surface area contributed by atoms with E-state index in [0.717, 1.165) is 10.0 Å². The molecule has 0 aliphatic carbocycles. The van der Waals surface area contributed by atoms with E-state index in [0.29, 0.717) is 5.56 Å². The molecule has 0 amide bonds. The average Bonchev–Trinajstić information content (AvgIpc) is 2.39. The van der Waals surface area contributed by atoms with E-state index in [4.69, 9.17) is 4.74 Å². The first-order chi connectivity index (χ1) is 8.66. The zero-order valence-electron chi connectivity index (χ0n) is 9.84. The maximum Gasteiger partial charge on any atom is 0.340 e. The van der Waals surface area contributed by atoms with Gasteiger partial charge in [-0.2, -0.15) is 0 Å². The van der Waals surface area contributed by atoms with E-state index in [1.807, 2.05) is 37.3 Å². The first kappa shape index (κ1) is 12.8. The summed E-state index contributed by atoms with van der Waals surface area (Å²) in [4.78, 5) is 15.8. The molecule has 0 saturated heterocycles. The van der Waals surface area contributed by atoms with Crippen LogP contribution in [-0.2, 0) is 4.74 Å². The second-order valence-electron chi connectivity index (χ2n) is 3.85. The molecule has 2 rings (SSSR count). The third-order valence-electron chi connectivity index (χ3n) is 2.49. The number of aromatic nitrogens is 1. The van der Waals surface area contributed by atoms with Crippen LogP contribution in [0.1, 0.15) is 28.9 Å². The smallest absolute Gasteiger partial charge is 0.340 e. The summed E-state index contributed by atoms with van der Waals surface area (Å²) in [5.41, 5.74) is 1.40. The molecule has 1 atom stereocenters. The van der Waals surface area contributed by atoms with Crippen LogP contribution < -0.4 is 0 Å². The van der Waals surface area contributed by atoms with Crippen molar-refractivity contribution >= 4 is 21.9 Å². The summed E-state index contributed by atoms with van der Waals surface area (Å²) in [5.74, 6) is -0.375. The molecular weight excluding hydrogens is 294 g/mol. The predicted octanol–water partition coefficient (Wildman–Crippen LogP) is 3.76. The van der Waals surface area contributed by atoms with E-state index >= 15 is 0 Å². The highest BCUT2D eigenvalue weighted by Gasteiger charge is 2.13. The number of carbonyl (C=O) groups is 1. The van der Waals surface area contributed by atoms with Crippen LogP contribution >= 0.6 is 15.9 Å². The lowest BCUT2D eigenvalue weighted by atomic mass is 10.1. The summed E-state index contributed by atoms with van der Waals surface area (Å²) in [6.07, 6.45) is 2.83. The van der Waals surface area contributed by atoms with Crippen LogP contribution in [0.15, 0.2) is 53.3 Å². The highest BCUT2D eigenvalue weighted by molar-refractivity contribution is 9.10. The first-order valence-corrected chi connectivity index (χ1v) is 6.32. The van der Waals surface area contributed by atoms with Gasteiger partial charge in [-0.25, -0.2) is 4.79 Å². The lowest BCUT2D eigenvalue weighted by Crippen LogP contribution is -2.09. The number of halogens is 1. The molecule has 1 unspecified atom stereocenters. The van der Waals surface area contributed by atoms with Crippen molar-refractivity contribution < 1.29 is 9.53 Å². The van der Waals surface area contributed by atoms with E-state index in [2.05, 4.69) is 20.9 Å². The Morgan fingerprint density at radius 3 is 2.67 bits per heavy atom. The number of rotatable bonds is 3. The van der Waals surface area contributed by atoms with Gasteiger partial charge < -0.3 is 4.74 Å². The van der Waals surface area contributed by atoms with Crippen LogP contribution in [0.4, 0.5) is 0 Å². The molecule has 0 saturated carbocycles. The van der Waals surface area contributed by atoms with Gasteiger partial charge in [0.1, 0.15) is 6.10 Å². The molecule has 0 spiro atoms. The van der Waals surface area contributed by atoms with Crippen molar-refractivity contribution in [3.05, 3.63) is 64.4 Å². The standard InChI is InChI=1S/C14H12BrNO2/c1-10(11-5-3-2-4-6-11)18-14(17)12-7-13(15)9-16-8-12/h2-10H,1H3. The molecule has 0 N–H and O–H groups in total. The molecule has 2 aromatic rings. The molecule has 1 aromatic heterocycles. The monoisotopic (exact) mass is 305 g/mol. The maximum absolute atomic E-state index is 11.9. The zero-order valence-corrected chi connectivity index (χ0v) is 11.4. The lowest BCUT2D eigenvalue weighted by Gasteiger charge is -2.13. The molecule has 18 heavy (non-hydrogen) atoms. The van der Waals surface area contributed by atoms with E-state index < -0.39 is 0 Å². The van der Waals surface area contributed by atoms with E-state index in [1.54, 1.807) is 12.3 Å². The van der Waals surface area contributed by atoms with Gasteiger partial charge in [0.2, 0.25) is 0 Å². The van der Waals surface area contributed by atoms with Crippen molar-refractivity contribution in [3.63, 3.8) is 0 Å². The van der Waals surface area contributed by atoms with Crippen molar-refractivity contribution in [2.45, 2.75) is 13.0 Å². The van der Waals surface area contributed by atoms with Crippen LogP contribution in [0.2, 0.25) is 0 Å². The SMILES string of the molecule is CC(OC(=O)c1cncc(Br)c1)c1ccccc1. The van der Waals surface area contributed by atoms with Crippen LogP contribution in [0.25, 0.3) is 0 Å². The molecule has 0 fully saturated rings. The molecule has 0 aliphatic heterocycles. The van der Waals surface area contributed by atoms with Gasteiger partial charge in [0.15, 0.2) is 0 Å². The highest BCUT2D eigenvalue weighted by atomic mass is 79.9. The minimum absolute atomic E-state index is 0.280. The second-order valence-corrected chi connectivity index (χ2v) is 4.77. The number of hydrogen-bond acceptors (Lipinski definition) is 3. The van der Waals surface area contributed by atoms with Crippen LogP contribution in [0.3, 0.4) is 0 Å². The number of ether oxygens (including phenoxy) is 1. The third-order valence-corrected chi connectivity index (χ3v) is 2.93. The van der Waals surface area contributed by atoms with Gasteiger partial charge in [0.25, 0.3) is 0 Å². The Morgan fingerprint density at radius 1 is 1.28 bits per heavy atom. The van der Waals surface area contributed by atoms with Gasteiger partial charge in [-0.3, -0.25) is 4.98 Å². The molecule has 0 aliphatic rings. The summed E-state index contributed by atoms with van der Waals surface area (Å²) >= 11 is 3.27. The summed E-state index contributed by atoms with van der Waals surface area (Å²) in [6.45, 7) is 1.85. The fourth-order valence-electron chi connectivity index (χ4n) is 1.54. The molecule has 92 valence electrons. The molecular formula is C14H12BrNO2. The largest absolute Gasteiger partial charge is 0.454 e. The summed E-state index contributed by atoms with van der Waals surface area (Å²) in [5, 5.41) is 0. The lowest BCUT2D eigenvalue weighted by molar-refractivity contribution is 0.0337. The van der Waals surface area contributed by atoms with Gasteiger partial charge in [-0.1, -0.05) is 30.3 Å².